The topological polar surface area (TPSA) is 98.0 Å². The zero-order chi connectivity index (χ0) is 17.0. The molecule has 2 aliphatic carbocycles. The minimum absolute atomic E-state index is 0.0825. The second-order valence-electron chi connectivity index (χ2n) is 6.98. The largest absolute Gasteiger partial charge is 0.481 e. The van der Waals surface area contributed by atoms with Gasteiger partial charge in [-0.1, -0.05) is 25.2 Å². The van der Waals surface area contributed by atoms with Crippen LogP contribution in [0.25, 0.3) is 0 Å². The smallest absolute Gasteiger partial charge is 0.305 e. The fraction of sp³-hybridized carbons (Fsp3) is 0.722. The Morgan fingerprint density at radius 1 is 1.35 bits per heavy atom. The Balaban J connectivity index is 1.90. The predicted octanol–water partition coefficient (Wildman–Crippen LogP) is 1.87. The van der Waals surface area contributed by atoms with Gasteiger partial charge in [-0.2, -0.15) is 0 Å². The average molecular weight is 324 g/mol. The van der Waals surface area contributed by atoms with Crippen LogP contribution in [-0.2, 0) is 4.79 Å². The van der Waals surface area contributed by atoms with Crippen molar-refractivity contribution in [3.05, 3.63) is 23.8 Å². The number of hydrogen-bond acceptors (Lipinski definition) is 4. The van der Waals surface area contributed by atoms with Gasteiger partial charge in [-0.25, -0.2) is 0 Å². The number of hydrogen-bond donors (Lipinski definition) is 4. The van der Waals surface area contributed by atoms with E-state index >= 15 is 0 Å². The van der Waals surface area contributed by atoms with E-state index in [1.165, 1.54) is 5.57 Å². The molecule has 130 valence electrons. The SMILES string of the molecule is CC1C=CC2=CCCC(O)C2C1CCC(O)CC(O)CC(=O)O. The van der Waals surface area contributed by atoms with Crippen LogP contribution >= 0.6 is 0 Å². The van der Waals surface area contributed by atoms with Crippen LogP contribution in [0.5, 0.6) is 0 Å². The Morgan fingerprint density at radius 3 is 2.78 bits per heavy atom. The first-order valence-electron chi connectivity index (χ1n) is 8.52. The number of carboxylic acid groups (broad SMARTS) is 1. The first-order chi connectivity index (χ1) is 10.9. The number of aliphatic carboxylic acids is 1. The van der Waals surface area contributed by atoms with E-state index in [-0.39, 0.29) is 30.8 Å². The van der Waals surface area contributed by atoms with E-state index in [1.54, 1.807) is 0 Å². The molecule has 0 aromatic carbocycles. The lowest BCUT2D eigenvalue weighted by Crippen LogP contribution is -2.37. The Labute approximate surface area is 137 Å². The van der Waals surface area contributed by atoms with Crippen LogP contribution in [0.2, 0.25) is 0 Å². The van der Waals surface area contributed by atoms with Gasteiger partial charge in [-0.3, -0.25) is 4.79 Å². The van der Waals surface area contributed by atoms with Crippen LogP contribution in [0.4, 0.5) is 0 Å². The van der Waals surface area contributed by atoms with Gasteiger partial charge in [0.1, 0.15) is 0 Å². The standard InChI is InChI=1S/C18H28O5/c1-11-5-6-12-3-2-4-16(21)18(12)15(11)8-7-13(19)9-14(20)10-17(22)23/h3,5-6,11,13-16,18-21H,2,4,7-10H2,1H3,(H,22,23). The lowest BCUT2D eigenvalue weighted by molar-refractivity contribution is -0.139. The quantitative estimate of drug-likeness (QED) is 0.573. The summed E-state index contributed by atoms with van der Waals surface area (Å²) in [5.74, 6) is -0.329. The molecule has 0 aliphatic heterocycles. The normalized spacial score (nSPS) is 32.8. The van der Waals surface area contributed by atoms with Crippen LogP contribution in [0.1, 0.15) is 45.4 Å². The van der Waals surface area contributed by atoms with Gasteiger partial charge in [-0.05, 0) is 49.5 Å². The molecule has 23 heavy (non-hydrogen) atoms. The molecule has 0 heterocycles. The van der Waals surface area contributed by atoms with Gasteiger partial charge in [-0.15, -0.1) is 0 Å². The summed E-state index contributed by atoms with van der Waals surface area (Å²) in [5, 5.41) is 38.7. The van der Waals surface area contributed by atoms with E-state index in [4.69, 9.17) is 5.11 Å². The molecule has 6 atom stereocenters. The first kappa shape index (κ1) is 18.2. The molecule has 0 aromatic heterocycles. The zero-order valence-corrected chi connectivity index (χ0v) is 13.6. The molecule has 5 heteroatoms. The molecular formula is C18H28O5. The number of rotatable bonds is 7. The highest BCUT2D eigenvalue weighted by Crippen LogP contribution is 2.42. The average Bonchev–Trinajstić information content (AvgIpc) is 2.45. The molecule has 2 rings (SSSR count). The van der Waals surface area contributed by atoms with Crippen molar-refractivity contribution in [3.8, 4) is 0 Å². The van der Waals surface area contributed by atoms with E-state index in [0.29, 0.717) is 12.3 Å². The molecule has 0 saturated carbocycles. The highest BCUT2D eigenvalue weighted by atomic mass is 16.4. The number of aliphatic hydroxyl groups is 3. The van der Waals surface area contributed by atoms with Crippen LogP contribution in [-0.4, -0.2) is 44.7 Å². The lowest BCUT2D eigenvalue weighted by atomic mass is 9.66. The third kappa shape index (κ3) is 4.90. The molecule has 0 aromatic rings. The minimum atomic E-state index is -1.06. The zero-order valence-electron chi connectivity index (χ0n) is 13.6. The third-order valence-electron chi connectivity index (χ3n) is 5.16. The maximum Gasteiger partial charge on any atom is 0.305 e. The van der Waals surface area contributed by atoms with Crippen molar-refractivity contribution in [2.75, 3.05) is 0 Å². The van der Waals surface area contributed by atoms with Crippen molar-refractivity contribution < 1.29 is 25.2 Å². The van der Waals surface area contributed by atoms with Crippen LogP contribution in [0.15, 0.2) is 23.8 Å². The molecule has 2 aliphatic rings. The van der Waals surface area contributed by atoms with Crippen LogP contribution in [0, 0.1) is 17.8 Å². The third-order valence-corrected chi connectivity index (χ3v) is 5.16. The number of allylic oxidation sites excluding steroid dienone is 3. The number of carboxylic acids is 1. The van der Waals surface area contributed by atoms with Gasteiger partial charge in [0, 0.05) is 5.92 Å². The second kappa shape index (κ2) is 8.08. The summed E-state index contributed by atoms with van der Waals surface area (Å²) in [6, 6.07) is 0. The summed E-state index contributed by atoms with van der Waals surface area (Å²) < 4.78 is 0. The van der Waals surface area contributed by atoms with Crippen molar-refractivity contribution in [2.45, 2.75) is 63.8 Å². The maximum absolute atomic E-state index is 10.5. The maximum atomic E-state index is 10.5. The lowest BCUT2D eigenvalue weighted by Gasteiger charge is -2.40. The van der Waals surface area contributed by atoms with E-state index in [1.807, 2.05) is 0 Å². The second-order valence-corrected chi connectivity index (χ2v) is 6.98. The highest BCUT2D eigenvalue weighted by molar-refractivity contribution is 5.67. The van der Waals surface area contributed by atoms with Crippen molar-refractivity contribution in [1.29, 1.82) is 0 Å². The molecule has 5 nitrogen and oxygen atoms in total. The van der Waals surface area contributed by atoms with Crippen LogP contribution in [0.3, 0.4) is 0 Å². The summed E-state index contributed by atoms with van der Waals surface area (Å²) in [4.78, 5) is 10.5. The monoisotopic (exact) mass is 324 g/mol. The fourth-order valence-corrected chi connectivity index (χ4v) is 3.95. The summed E-state index contributed by atoms with van der Waals surface area (Å²) in [6.07, 6.45) is 7.11. The van der Waals surface area contributed by atoms with E-state index < -0.39 is 18.2 Å². The summed E-state index contributed by atoms with van der Waals surface area (Å²) in [7, 11) is 0. The Hall–Kier alpha value is -1.17. The van der Waals surface area contributed by atoms with Gasteiger partial charge in [0.2, 0.25) is 0 Å². The summed E-state index contributed by atoms with van der Waals surface area (Å²) in [5.41, 5.74) is 1.20. The first-order valence-corrected chi connectivity index (χ1v) is 8.52. The van der Waals surface area contributed by atoms with E-state index in [2.05, 4.69) is 25.2 Å². The Morgan fingerprint density at radius 2 is 2.09 bits per heavy atom. The highest BCUT2D eigenvalue weighted by Gasteiger charge is 2.37. The van der Waals surface area contributed by atoms with Gasteiger partial charge in [0.15, 0.2) is 0 Å². The summed E-state index contributed by atoms with van der Waals surface area (Å²) >= 11 is 0. The van der Waals surface area contributed by atoms with Crippen molar-refractivity contribution in [3.63, 3.8) is 0 Å². The van der Waals surface area contributed by atoms with Crippen LogP contribution < -0.4 is 0 Å². The molecule has 0 spiro atoms. The van der Waals surface area contributed by atoms with Crippen molar-refractivity contribution >= 4 is 5.97 Å². The number of fused-ring (bicyclic) bond motifs is 1. The summed E-state index contributed by atoms with van der Waals surface area (Å²) in [6.45, 7) is 2.13. The number of carbonyl (C=O) groups is 1. The molecule has 4 N–H and O–H groups in total. The van der Waals surface area contributed by atoms with Gasteiger partial charge < -0.3 is 20.4 Å². The molecule has 0 radical (unpaired) electrons. The van der Waals surface area contributed by atoms with E-state index in [9.17, 15) is 20.1 Å². The molecular weight excluding hydrogens is 296 g/mol. The molecule has 0 amide bonds. The molecule has 6 unspecified atom stereocenters. The van der Waals surface area contributed by atoms with E-state index in [0.717, 1.165) is 19.3 Å². The van der Waals surface area contributed by atoms with Crippen molar-refractivity contribution in [1.82, 2.24) is 0 Å². The predicted molar refractivity (Wildman–Crippen MR) is 86.7 cm³/mol. The van der Waals surface area contributed by atoms with Gasteiger partial charge >= 0.3 is 5.97 Å². The minimum Gasteiger partial charge on any atom is -0.481 e. The van der Waals surface area contributed by atoms with Gasteiger partial charge in [0.05, 0.1) is 24.7 Å². The molecule has 0 saturated heterocycles. The van der Waals surface area contributed by atoms with Crippen molar-refractivity contribution in [2.24, 2.45) is 17.8 Å². The fourth-order valence-electron chi connectivity index (χ4n) is 3.95. The molecule has 0 fully saturated rings. The number of aliphatic hydroxyl groups excluding tert-OH is 3. The van der Waals surface area contributed by atoms with Gasteiger partial charge in [0.25, 0.3) is 0 Å². The Bertz CT molecular complexity index is 470. The molecule has 0 bridgehead atoms. The Kier molecular flexibility index (Phi) is 6.39.